The van der Waals surface area contributed by atoms with Crippen molar-refractivity contribution < 1.29 is 0 Å². The fourth-order valence-corrected chi connectivity index (χ4v) is 2.45. The largest absolute Gasteiger partial charge is 0.303 e. The molecule has 1 aliphatic heterocycles. The van der Waals surface area contributed by atoms with Gasteiger partial charge >= 0.3 is 0 Å². The van der Waals surface area contributed by atoms with Crippen molar-refractivity contribution in [2.24, 2.45) is 11.3 Å². The zero-order valence-electron chi connectivity index (χ0n) is 13.9. The molecule has 0 unspecified atom stereocenters. The van der Waals surface area contributed by atoms with E-state index in [1.54, 1.807) is 0 Å². The smallest absolute Gasteiger partial charge is 0.00134 e. The molecule has 0 aromatic rings. The van der Waals surface area contributed by atoms with Crippen LogP contribution in [-0.4, -0.2) is 24.5 Å². The van der Waals surface area contributed by atoms with Crippen LogP contribution in [0.4, 0.5) is 0 Å². The van der Waals surface area contributed by atoms with E-state index < -0.39 is 0 Å². The van der Waals surface area contributed by atoms with Crippen molar-refractivity contribution in [1.29, 1.82) is 0 Å². The van der Waals surface area contributed by atoms with Crippen molar-refractivity contribution in [2.75, 3.05) is 19.6 Å². The van der Waals surface area contributed by atoms with Gasteiger partial charge < -0.3 is 4.90 Å². The Morgan fingerprint density at radius 1 is 1.00 bits per heavy atom. The van der Waals surface area contributed by atoms with Gasteiger partial charge in [0.2, 0.25) is 0 Å². The van der Waals surface area contributed by atoms with Crippen molar-refractivity contribution in [3.05, 3.63) is 0 Å². The van der Waals surface area contributed by atoms with Gasteiger partial charge in [-0.2, -0.15) is 0 Å². The minimum absolute atomic E-state index is 0.612. The Morgan fingerprint density at radius 3 is 1.89 bits per heavy atom. The van der Waals surface area contributed by atoms with Crippen LogP contribution < -0.4 is 0 Å². The van der Waals surface area contributed by atoms with Gasteiger partial charge in [-0.1, -0.05) is 60.8 Å². The van der Waals surface area contributed by atoms with Crippen molar-refractivity contribution in [1.82, 2.24) is 4.90 Å². The first-order valence-electron chi connectivity index (χ1n) is 8.22. The van der Waals surface area contributed by atoms with Crippen LogP contribution in [0, 0.1) is 11.3 Å². The van der Waals surface area contributed by atoms with Crippen molar-refractivity contribution in [3.63, 3.8) is 0 Å². The Labute approximate surface area is 116 Å². The minimum atomic E-state index is 0.612. The summed E-state index contributed by atoms with van der Waals surface area (Å²) in [6, 6.07) is 0. The first kappa shape index (κ1) is 18.0. The lowest BCUT2D eigenvalue weighted by Gasteiger charge is -2.42. The Kier molecular flexibility index (Phi) is 9.81. The molecule has 1 aliphatic rings. The van der Waals surface area contributed by atoms with E-state index >= 15 is 0 Å². The number of rotatable bonds is 5. The molecule has 0 N–H and O–H groups in total. The highest BCUT2D eigenvalue weighted by molar-refractivity contribution is 4.84. The number of likely N-dealkylation sites (tertiary alicyclic amines) is 1. The normalized spacial score (nSPS) is 19.5. The molecule has 0 amide bonds. The molecule has 0 spiro atoms. The Hall–Kier alpha value is -0.0400. The predicted octanol–water partition coefficient (Wildman–Crippen LogP) is 5.35. The third-order valence-electron chi connectivity index (χ3n) is 4.47. The summed E-state index contributed by atoms with van der Waals surface area (Å²) < 4.78 is 0. The molecule has 18 heavy (non-hydrogen) atoms. The van der Waals surface area contributed by atoms with Gasteiger partial charge in [-0.15, -0.1) is 0 Å². The number of piperidine rings is 1. The second-order valence-electron chi connectivity index (χ2n) is 6.56. The lowest BCUT2D eigenvalue weighted by Crippen LogP contribution is -2.41. The lowest BCUT2D eigenvalue weighted by atomic mass is 9.72. The van der Waals surface area contributed by atoms with Gasteiger partial charge in [-0.25, -0.2) is 0 Å². The average molecular weight is 255 g/mol. The summed E-state index contributed by atoms with van der Waals surface area (Å²) in [6.45, 7) is 17.8. The standard InChI is InChI=1S/C14H29N.C3H8/c1-5-6-7-10-15-11-8-14(4,9-12-15)13(2)3;1-3-2/h13H,5-12H2,1-4H3;3H2,1-2H3. The van der Waals surface area contributed by atoms with Crippen LogP contribution in [0.2, 0.25) is 0 Å². The van der Waals surface area contributed by atoms with E-state index in [2.05, 4.69) is 46.4 Å². The first-order valence-corrected chi connectivity index (χ1v) is 8.22. The van der Waals surface area contributed by atoms with Crippen LogP contribution in [0.15, 0.2) is 0 Å². The average Bonchev–Trinajstić information content (AvgIpc) is 2.33. The molecule has 110 valence electrons. The third kappa shape index (κ3) is 6.78. The third-order valence-corrected chi connectivity index (χ3v) is 4.47. The molecule has 0 radical (unpaired) electrons. The van der Waals surface area contributed by atoms with E-state index in [1.165, 1.54) is 58.2 Å². The number of hydrogen-bond acceptors (Lipinski definition) is 1. The molecular weight excluding hydrogens is 218 g/mol. The molecule has 0 aliphatic carbocycles. The highest BCUT2D eigenvalue weighted by Gasteiger charge is 2.32. The summed E-state index contributed by atoms with van der Waals surface area (Å²) in [5.74, 6) is 0.843. The zero-order valence-corrected chi connectivity index (χ0v) is 13.9. The van der Waals surface area contributed by atoms with E-state index in [0.29, 0.717) is 5.41 Å². The lowest BCUT2D eigenvalue weighted by molar-refractivity contribution is 0.0774. The van der Waals surface area contributed by atoms with Gasteiger partial charge in [0.15, 0.2) is 0 Å². The second-order valence-corrected chi connectivity index (χ2v) is 6.56. The zero-order chi connectivity index (χ0) is 14.0. The van der Waals surface area contributed by atoms with Crippen molar-refractivity contribution >= 4 is 0 Å². The van der Waals surface area contributed by atoms with Crippen LogP contribution >= 0.6 is 0 Å². The highest BCUT2D eigenvalue weighted by Crippen LogP contribution is 2.37. The fraction of sp³-hybridized carbons (Fsp3) is 1.00. The maximum Gasteiger partial charge on any atom is -0.00134 e. The van der Waals surface area contributed by atoms with E-state index in [9.17, 15) is 0 Å². The van der Waals surface area contributed by atoms with E-state index in [-0.39, 0.29) is 0 Å². The maximum absolute atomic E-state index is 2.67. The van der Waals surface area contributed by atoms with Gasteiger partial charge in [0, 0.05) is 0 Å². The second kappa shape index (κ2) is 9.83. The molecule has 0 atom stereocenters. The highest BCUT2D eigenvalue weighted by atomic mass is 15.1. The Bertz CT molecular complexity index is 178. The van der Waals surface area contributed by atoms with Gasteiger partial charge in [-0.3, -0.25) is 0 Å². The van der Waals surface area contributed by atoms with Crippen molar-refractivity contribution in [3.8, 4) is 0 Å². The van der Waals surface area contributed by atoms with Crippen molar-refractivity contribution in [2.45, 2.75) is 80.1 Å². The topological polar surface area (TPSA) is 3.24 Å². The van der Waals surface area contributed by atoms with Gasteiger partial charge in [0.05, 0.1) is 0 Å². The van der Waals surface area contributed by atoms with Crippen LogP contribution in [0.1, 0.15) is 80.1 Å². The molecular formula is C17H37N. The van der Waals surface area contributed by atoms with E-state index in [1.807, 2.05) is 0 Å². The number of hydrogen-bond donors (Lipinski definition) is 0. The maximum atomic E-state index is 2.67. The van der Waals surface area contributed by atoms with Crippen LogP contribution in [0.5, 0.6) is 0 Å². The summed E-state index contributed by atoms with van der Waals surface area (Å²) >= 11 is 0. The summed E-state index contributed by atoms with van der Waals surface area (Å²) in [6.07, 6.45) is 8.19. The molecule has 0 bridgehead atoms. The summed E-state index contributed by atoms with van der Waals surface area (Å²) in [4.78, 5) is 2.67. The number of nitrogens with zero attached hydrogens (tertiary/aromatic N) is 1. The van der Waals surface area contributed by atoms with Gasteiger partial charge in [-0.05, 0) is 50.2 Å². The Morgan fingerprint density at radius 2 is 1.50 bits per heavy atom. The van der Waals surface area contributed by atoms with Crippen LogP contribution in [0.25, 0.3) is 0 Å². The summed E-state index contributed by atoms with van der Waals surface area (Å²) in [7, 11) is 0. The van der Waals surface area contributed by atoms with E-state index in [0.717, 1.165) is 5.92 Å². The summed E-state index contributed by atoms with van der Waals surface area (Å²) in [5, 5.41) is 0. The van der Waals surface area contributed by atoms with Gasteiger partial charge in [0.25, 0.3) is 0 Å². The molecule has 1 heteroatoms. The fourth-order valence-electron chi connectivity index (χ4n) is 2.45. The van der Waals surface area contributed by atoms with Crippen LogP contribution in [0.3, 0.4) is 0 Å². The van der Waals surface area contributed by atoms with Gasteiger partial charge in [0.1, 0.15) is 0 Å². The minimum Gasteiger partial charge on any atom is -0.303 e. The molecule has 0 aromatic heterocycles. The number of unbranched alkanes of at least 4 members (excludes halogenated alkanes) is 2. The summed E-state index contributed by atoms with van der Waals surface area (Å²) in [5.41, 5.74) is 0.612. The first-order chi connectivity index (χ1) is 8.50. The molecule has 1 heterocycles. The molecule has 0 aromatic carbocycles. The molecule has 1 fully saturated rings. The quantitative estimate of drug-likeness (QED) is 0.598. The molecule has 1 nitrogen and oxygen atoms in total. The monoisotopic (exact) mass is 255 g/mol. The predicted molar refractivity (Wildman–Crippen MR) is 84.1 cm³/mol. The molecule has 0 saturated carbocycles. The van der Waals surface area contributed by atoms with Crippen LogP contribution in [-0.2, 0) is 0 Å². The SMILES string of the molecule is CCC.CCCCCN1CCC(C)(C(C)C)CC1. The van der Waals surface area contributed by atoms with E-state index in [4.69, 9.17) is 0 Å². The molecule has 1 rings (SSSR count). The molecule has 1 saturated heterocycles. The Balaban J connectivity index is 0.000000873.